The highest BCUT2D eigenvalue weighted by Crippen LogP contribution is 2.51. The van der Waals surface area contributed by atoms with E-state index in [-0.39, 0.29) is 18.5 Å². The molecule has 0 heterocycles. The molecule has 2 unspecified atom stereocenters. The maximum atomic E-state index is 12.7. The van der Waals surface area contributed by atoms with Crippen molar-refractivity contribution >= 4 is 7.60 Å². The summed E-state index contributed by atoms with van der Waals surface area (Å²) in [5.74, 6) is 0.00552. The molecular formula is C21H45ClNO4P. The fraction of sp³-hybridized carbons (Fsp3) is 1.00. The van der Waals surface area contributed by atoms with E-state index in [1.54, 1.807) is 0 Å². The summed E-state index contributed by atoms with van der Waals surface area (Å²) in [6.45, 7) is 2.72. The van der Waals surface area contributed by atoms with Crippen LogP contribution in [-0.4, -0.2) is 56.1 Å². The van der Waals surface area contributed by atoms with E-state index in [4.69, 9.17) is 9.26 Å². The lowest BCUT2D eigenvalue weighted by atomic mass is 9.84. The van der Waals surface area contributed by atoms with Crippen molar-refractivity contribution < 1.29 is 35.6 Å². The largest absolute Gasteiger partial charge is 1.00 e. The average Bonchev–Trinajstić information content (AvgIpc) is 2.59. The highest BCUT2D eigenvalue weighted by molar-refractivity contribution is 7.53. The number of nitrogens with zero attached hydrogens (tertiary/aromatic N) is 1. The lowest BCUT2D eigenvalue weighted by Gasteiger charge is -2.33. The van der Waals surface area contributed by atoms with Gasteiger partial charge in [0.05, 0.1) is 27.2 Å². The van der Waals surface area contributed by atoms with Gasteiger partial charge in [-0.05, 0) is 31.6 Å². The zero-order valence-corrected chi connectivity index (χ0v) is 20.5. The minimum atomic E-state index is -3.76. The fourth-order valence-electron chi connectivity index (χ4n) is 3.98. The molecule has 5 nitrogen and oxygen atoms in total. The summed E-state index contributed by atoms with van der Waals surface area (Å²) in [5.41, 5.74) is 0. The molecule has 7 heteroatoms. The van der Waals surface area contributed by atoms with Gasteiger partial charge < -0.3 is 31.0 Å². The zero-order chi connectivity index (χ0) is 20.3. The summed E-state index contributed by atoms with van der Waals surface area (Å²) in [6, 6.07) is 0. The van der Waals surface area contributed by atoms with Gasteiger partial charge >= 0.3 is 7.60 Å². The summed E-state index contributed by atoms with van der Waals surface area (Å²) in [4.78, 5) is 10.4. The number of hydrogen-bond acceptors (Lipinski definition) is 3. The Kier molecular flexibility index (Phi) is 14.6. The number of halogens is 1. The molecule has 0 aromatic carbocycles. The zero-order valence-electron chi connectivity index (χ0n) is 18.9. The lowest BCUT2D eigenvalue weighted by molar-refractivity contribution is -0.872. The van der Waals surface area contributed by atoms with Crippen LogP contribution in [-0.2, 0) is 13.8 Å². The molecule has 2 atom stereocenters. The monoisotopic (exact) mass is 441 g/mol. The highest BCUT2D eigenvalue weighted by Gasteiger charge is 2.39. The quantitative estimate of drug-likeness (QED) is 0.256. The van der Waals surface area contributed by atoms with Crippen LogP contribution in [0.25, 0.3) is 0 Å². The number of hydrogen-bond donors (Lipinski definition) is 1. The van der Waals surface area contributed by atoms with Crippen molar-refractivity contribution in [1.82, 2.24) is 0 Å². The number of rotatable bonds is 14. The van der Waals surface area contributed by atoms with E-state index < -0.39 is 13.4 Å². The molecule has 1 rings (SSSR count). The minimum Gasteiger partial charge on any atom is -1.00 e. The molecule has 1 aliphatic rings. The number of unbranched alkanes of at least 4 members (excludes halogenated alkanes) is 6. The normalized spacial score (nSPS) is 23.6. The molecule has 1 N–H and O–H groups in total. The second-order valence-electron chi connectivity index (χ2n) is 9.39. The van der Waals surface area contributed by atoms with E-state index in [0.717, 1.165) is 31.6 Å². The molecule has 0 aliphatic heterocycles. The summed E-state index contributed by atoms with van der Waals surface area (Å²) in [5, 5.41) is 0. The van der Waals surface area contributed by atoms with Crippen LogP contribution in [0.5, 0.6) is 0 Å². The smallest absolute Gasteiger partial charge is 0.362 e. The van der Waals surface area contributed by atoms with Crippen molar-refractivity contribution in [2.45, 2.75) is 95.9 Å². The van der Waals surface area contributed by atoms with Gasteiger partial charge in [0.15, 0.2) is 0 Å². The summed E-state index contributed by atoms with van der Waals surface area (Å²) >= 11 is 0. The maximum Gasteiger partial charge on any atom is 0.362 e. The van der Waals surface area contributed by atoms with E-state index in [2.05, 4.69) is 6.92 Å². The van der Waals surface area contributed by atoms with Crippen molar-refractivity contribution in [2.24, 2.45) is 5.92 Å². The van der Waals surface area contributed by atoms with Crippen LogP contribution in [0.1, 0.15) is 84.0 Å². The molecule has 170 valence electrons. The van der Waals surface area contributed by atoms with E-state index >= 15 is 0 Å². The van der Waals surface area contributed by atoms with Crippen molar-refractivity contribution in [3.05, 3.63) is 0 Å². The first-order chi connectivity index (χ1) is 12.7. The van der Waals surface area contributed by atoms with Gasteiger partial charge in [-0.1, -0.05) is 58.3 Å². The summed E-state index contributed by atoms with van der Waals surface area (Å²) < 4.78 is 24.2. The van der Waals surface area contributed by atoms with Gasteiger partial charge in [-0.3, -0.25) is 4.57 Å². The van der Waals surface area contributed by atoms with E-state index in [0.29, 0.717) is 11.0 Å². The first kappa shape index (κ1) is 28.4. The first-order valence-electron chi connectivity index (χ1n) is 11.0. The van der Waals surface area contributed by atoms with E-state index in [1.807, 2.05) is 21.1 Å². The Morgan fingerprint density at radius 1 is 1.00 bits per heavy atom. The van der Waals surface area contributed by atoms with Gasteiger partial charge in [-0.15, -0.1) is 0 Å². The Bertz CT molecular complexity index is 437. The molecule has 28 heavy (non-hydrogen) atoms. The van der Waals surface area contributed by atoms with Crippen molar-refractivity contribution in [2.75, 3.05) is 34.8 Å². The van der Waals surface area contributed by atoms with Gasteiger partial charge in [-0.25, -0.2) is 0 Å². The predicted molar refractivity (Wildman–Crippen MR) is 113 cm³/mol. The SMILES string of the molecule is CCCCCCCCCC1CCC(OP(=O)(O)C(C[N+](C)(C)C)OC)CC1.[Cl-]. The van der Waals surface area contributed by atoms with Crippen LogP contribution in [0.2, 0.25) is 0 Å². The van der Waals surface area contributed by atoms with Crippen molar-refractivity contribution in [3.8, 4) is 0 Å². The molecule has 0 aromatic rings. The van der Waals surface area contributed by atoms with Gasteiger partial charge in [0, 0.05) is 7.11 Å². The molecule has 0 aromatic heterocycles. The van der Waals surface area contributed by atoms with Crippen molar-refractivity contribution in [3.63, 3.8) is 0 Å². The molecule has 0 saturated heterocycles. The number of likely N-dealkylation sites (N-methyl/N-ethyl adjacent to an activating group) is 1. The molecular weight excluding hydrogens is 397 g/mol. The molecule has 0 bridgehead atoms. The van der Waals surface area contributed by atoms with Crippen LogP contribution in [0.15, 0.2) is 0 Å². The minimum absolute atomic E-state index is 0. The second-order valence-corrected chi connectivity index (χ2v) is 11.3. The Hall–Kier alpha value is 0.360. The third-order valence-corrected chi connectivity index (χ3v) is 7.35. The van der Waals surface area contributed by atoms with Gasteiger partial charge in [0.2, 0.25) is 5.85 Å². The van der Waals surface area contributed by atoms with Crippen LogP contribution >= 0.6 is 7.60 Å². The molecule has 0 spiro atoms. The standard InChI is InChI=1S/C21H44NO4P.ClH/c1-6-7-8-9-10-11-12-13-19-14-16-20(17-15-19)26-27(23,24)21(25-5)18-22(2,3)4;/h19-21H,6-18H2,1-5H3;1H. The second kappa shape index (κ2) is 14.4. The molecule has 0 amide bonds. The number of quaternary nitrogens is 1. The molecule has 1 aliphatic carbocycles. The van der Waals surface area contributed by atoms with Crippen LogP contribution in [0.4, 0.5) is 0 Å². The van der Waals surface area contributed by atoms with Gasteiger partial charge in [-0.2, -0.15) is 0 Å². The van der Waals surface area contributed by atoms with Crippen molar-refractivity contribution in [1.29, 1.82) is 0 Å². The van der Waals surface area contributed by atoms with Crippen LogP contribution in [0.3, 0.4) is 0 Å². The Balaban J connectivity index is 0.00000729. The van der Waals surface area contributed by atoms with Gasteiger partial charge in [0.25, 0.3) is 0 Å². The Labute approximate surface area is 180 Å². The fourth-order valence-corrected chi connectivity index (χ4v) is 5.71. The van der Waals surface area contributed by atoms with Crippen LogP contribution < -0.4 is 12.4 Å². The van der Waals surface area contributed by atoms with E-state index in [1.165, 1.54) is 58.5 Å². The summed E-state index contributed by atoms with van der Waals surface area (Å²) in [7, 11) is 3.69. The number of ether oxygens (including phenoxy) is 1. The maximum absolute atomic E-state index is 12.7. The first-order valence-corrected chi connectivity index (χ1v) is 12.7. The average molecular weight is 442 g/mol. The molecule has 0 radical (unpaired) electrons. The Morgan fingerprint density at radius 2 is 1.54 bits per heavy atom. The van der Waals surface area contributed by atoms with Crippen LogP contribution in [0, 0.1) is 5.92 Å². The molecule has 1 fully saturated rings. The van der Waals surface area contributed by atoms with Gasteiger partial charge in [0.1, 0.15) is 6.54 Å². The number of methoxy groups -OCH3 is 1. The topological polar surface area (TPSA) is 55.8 Å². The lowest BCUT2D eigenvalue weighted by Crippen LogP contribution is -3.00. The summed E-state index contributed by atoms with van der Waals surface area (Å²) in [6.07, 6.45) is 14.7. The van der Waals surface area contributed by atoms with E-state index in [9.17, 15) is 9.46 Å². The Morgan fingerprint density at radius 3 is 2.04 bits per heavy atom. The third-order valence-electron chi connectivity index (χ3n) is 5.65. The third kappa shape index (κ3) is 12.1. The highest BCUT2D eigenvalue weighted by atomic mass is 35.5. The predicted octanol–water partition coefficient (Wildman–Crippen LogP) is 2.57. The molecule has 1 saturated carbocycles.